The van der Waals surface area contributed by atoms with E-state index in [4.69, 9.17) is 5.11 Å². The first-order chi connectivity index (χ1) is 5.20. The summed E-state index contributed by atoms with van der Waals surface area (Å²) in [4.78, 5) is 10.1. The van der Waals surface area contributed by atoms with Crippen molar-refractivity contribution >= 4 is 11.8 Å². The number of aromatic nitrogens is 1. The lowest BCUT2D eigenvalue weighted by atomic mass is 10.5. The zero-order chi connectivity index (χ0) is 8.27. The summed E-state index contributed by atoms with van der Waals surface area (Å²) < 4.78 is 1.82. The largest absolute Gasteiger partial charge is 0.480 e. The summed E-state index contributed by atoms with van der Waals surface area (Å²) >= 11 is 0. The van der Waals surface area contributed by atoms with Crippen LogP contribution in [0.4, 0.5) is 5.82 Å². The molecule has 0 aliphatic rings. The van der Waals surface area contributed by atoms with Crippen molar-refractivity contribution in [1.29, 1.82) is 0 Å². The smallest absolute Gasteiger partial charge is 0.322 e. The SMILES string of the molecule is Cn1cccc1NCC(=O)O. The van der Waals surface area contributed by atoms with E-state index in [1.165, 1.54) is 0 Å². The van der Waals surface area contributed by atoms with Crippen LogP contribution in [0.3, 0.4) is 0 Å². The quantitative estimate of drug-likeness (QED) is 0.667. The van der Waals surface area contributed by atoms with Gasteiger partial charge in [-0.2, -0.15) is 0 Å². The normalized spacial score (nSPS) is 9.55. The van der Waals surface area contributed by atoms with E-state index in [-0.39, 0.29) is 6.54 Å². The lowest BCUT2D eigenvalue weighted by molar-refractivity contribution is -0.134. The number of aryl methyl sites for hydroxylation is 1. The lowest BCUT2D eigenvalue weighted by Gasteiger charge is -2.03. The van der Waals surface area contributed by atoms with Gasteiger partial charge in [0.2, 0.25) is 0 Å². The van der Waals surface area contributed by atoms with Crippen LogP contribution in [0.25, 0.3) is 0 Å². The number of nitrogens with zero attached hydrogens (tertiary/aromatic N) is 1. The Balaban J connectivity index is 2.51. The number of rotatable bonds is 3. The number of anilines is 1. The molecule has 0 unspecified atom stereocenters. The summed E-state index contributed by atoms with van der Waals surface area (Å²) in [5.74, 6) is -0.0430. The van der Waals surface area contributed by atoms with Gasteiger partial charge in [0.25, 0.3) is 0 Å². The highest BCUT2D eigenvalue weighted by Gasteiger charge is 1.97. The van der Waals surface area contributed by atoms with Crippen LogP contribution in [-0.2, 0) is 11.8 Å². The van der Waals surface area contributed by atoms with Gasteiger partial charge in [-0.3, -0.25) is 4.79 Å². The lowest BCUT2D eigenvalue weighted by Crippen LogP contribution is -2.13. The van der Waals surface area contributed by atoms with E-state index in [1.54, 1.807) is 0 Å². The summed E-state index contributed by atoms with van der Waals surface area (Å²) in [6.45, 7) is -0.0438. The summed E-state index contributed by atoms with van der Waals surface area (Å²) in [7, 11) is 1.85. The number of carboxylic acid groups (broad SMARTS) is 1. The molecule has 0 amide bonds. The topological polar surface area (TPSA) is 54.3 Å². The fourth-order valence-corrected chi connectivity index (χ4v) is 0.811. The molecule has 11 heavy (non-hydrogen) atoms. The second kappa shape index (κ2) is 3.09. The Morgan fingerprint density at radius 2 is 2.55 bits per heavy atom. The van der Waals surface area contributed by atoms with Gasteiger partial charge in [-0.25, -0.2) is 0 Å². The van der Waals surface area contributed by atoms with E-state index in [2.05, 4.69) is 5.32 Å². The molecule has 2 N–H and O–H groups in total. The second-order valence-electron chi connectivity index (χ2n) is 2.25. The van der Waals surface area contributed by atoms with Gasteiger partial charge in [0.05, 0.1) is 0 Å². The van der Waals surface area contributed by atoms with Gasteiger partial charge in [-0.05, 0) is 12.1 Å². The molecular formula is C7H10N2O2. The van der Waals surface area contributed by atoms with Crippen molar-refractivity contribution in [3.63, 3.8) is 0 Å². The third-order valence-electron chi connectivity index (χ3n) is 1.36. The third-order valence-corrected chi connectivity index (χ3v) is 1.36. The molecule has 1 aromatic rings. The number of carbonyl (C=O) groups is 1. The molecule has 0 fully saturated rings. The first kappa shape index (κ1) is 7.65. The van der Waals surface area contributed by atoms with Crippen molar-refractivity contribution in [2.75, 3.05) is 11.9 Å². The minimum atomic E-state index is -0.855. The fraction of sp³-hybridized carbons (Fsp3) is 0.286. The summed E-state index contributed by atoms with van der Waals surface area (Å²) in [6, 6.07) is 3.67. The minimum absolute atomic E-state index is 0.0438. The van der Waals surface area contributed by atoms with E-state index in [1.807, 2.05) is 29.9 Å². The van der Waals surface area contributed by atoms with Crippen molar-refractivity contribution in [3.05, 3.63) is 18.3 Å². The maximum absolute atomic E-state index is 10.1. The molecule has 0 aliphatic heterocycles. The van der Waals surface area contributed by atoms with Crippen molar-refractivity contribution in [2.45, 2.75) is 0 Å². The highest BCUT2D eigenvalue weighted by Crippen LogP contribution is 2.04. The predicted molar refractivity (Wildman–Crippen MR) is 41.5 cm³/mol. The summed E-state index contributed by atoms with van der Waals surface area (Å²) in [5, 5.41) is 11.1. The number of hydrogen-bond acceptors (Lipinski definition) is 2. The summed E-state index contributed by atoms with van der Waals surface area (Å²) in [5.41, 5.74) is 0. The highest BCUT2D eigenvalue weighted by atomic mass is 16.4. The average molecular weight is 154 g/mol. The Kier molecular flexibility index (Phi) is 2.15. The van der Waals surface area contributed by atoms with E-state index < -0.39 is 5.97 Å². The molecule has 0 saturated carbocycles. The standard InChI is InChI=1S/C7H10N2O2/c1-9-4-2-3-6(9)8-5-7(10)11/h2-4,8H,5H2,1H3,(H,10,11). The van der Waals surface area contributed by atoms with Crippen LogP contribution in [0.5, 0.6) is 0 Å². The third kappa shape index (κ3) is 2.00. The second-order valence-corrected chi connectivity index (χ2v) is 2.25. The van der Waals surface area contributed by atoms with Crippen molar-refractivity contribution < 1.29 is 9.90 Å². The molecule has 0 spiro atoms. The number of hydrogen-bond donors (Lipinski definition) is 2. The van der Waals surface area contributed by atoms with Crippen molar-refractivity contribution in [3.8, 4) is 0 Å². The van der Waals surface area contributed by atoms with Gasteiger partial charge in [0, 0.05) is 13.2 Å². The Labute approximate surface area is 64.5 Å². The zero-order valence-corrected chi connectivity index (χ0v) is 6.24. The Hall–Kier alpha value is -1.45. The van der Waals surface area contributed by atoms with Crippen molar-refractivity contribution in [2.24, 2.45) is 7.05 Å². The first-order valence-corrected chi connectivity index (χ1v) is 3.27. The van der Waals surface area contributed by atoms with Crippen LogP contribution in [0.1, 0.15) is 0 Å². The molecule has 0 atom stereocenters. The van der Waals surface area contributed by atoms with Crippen LogP contribution < -0.4 is 5.32 Å². The first-order valence-electron chi connectivity index (χ1n) is 3.27. The molecule has 0 aliphatic carbocycles. The van der Waals surface area contributed by atoms with Crippen LogP contribution in [-0.4, -0.2) is 22.2 Å². The molecule has 4 heteroatoms. The molecule has 4 nitrogen and oxygen atoms in total. The molecule has 0 radical (unpaired) electrons. The van der Waals surface area contributed by atoms with Crippen molar-refractivity contribution in [1.82, 2.24) is 4.57 Å². The van der Waals surface area contributed by atoms with Gasteiger partial charge in [-0.15, -0.1) is 0 Å². The molecular weight excluding hydrogens is 144 g/mol. The Morgan fingerprint density at radius 1 is 1.82 bits per heavy atom. The van der Waals surface area contributed by atoms with Gasteiger partial charge >= 0.3 is 5.97 Å². The Bertz CT molecular complexity index is 255. The fourth-order valence-electron chi connectivity index (χ4n) is 0.811. The van der Waals surface area contributed by atoms with E-state index in [0.717, 1.165) is 5.82 Å². The van der Waals surface area contributed by atoms with E-state index in [0.29, 0.717) is 0 Å². The van der Waals surface area contributed by atoms with Gasteiger partial charge in [0.1, 0.15) is 12.4 Å². The van der Waals surface area contributed by atoms with Crippen LogP contribution in [0.15, 0.2) is 18.3 Å². The maximum Gasteiger partial charge on any atom is 0.322 e. The molecule has 0 aromatic carbocycles. The molecule has 0 bridgehead atoms. The zero-order valence-electron chi connectivity index (χ0n) is 6.24. The van der Waals surface area contributed by atoms with Crippen LogP contribution >= 0.6 is 0 Å². The molecule has 1 aromatic heterocycles. The van der Waals surface area contributed by atoms with Gasteiger partial charge in [-0.1, -0.05) is 0 Å². The van der Waals surface area contributed by atoms with E-state index >= 15 is 0 Å². The molecule has 1 rings (SSSR count). The minimum Gasteiger partial charge on any atom is -0.480 e. The molecule has 60 valence electrons. The van der Waals surface area contributed by atoms with Gasteiger partial charge < -0.3 is 15.0 Å². The average Bonchev–Trinajstić information content (AvgIpc) is 2.31. The Morgan fingerprint density at radius 3 is 3.00 bits per heavy atom. The van der Waals surface area contributed by atoms with Gasteiger partial charge in [0.15, 0.2) is 0 Å². The number of nitrogens with one attached hydrogen (secondary N) is 1. The van der Waals surface area contributed by atoms with Crippen LogP contribution in [0, 0.1) is 0 Å². The predicted octanol–water partition coefficient (Wildman–Crippen LogP) is 0.522. The maximum atomic E-state index is 10.1. The van der Waals surface area contributed by atoms with Crippen LogP contribution in [0.2, 0.25) is 0 Å². The van der Waals surface area contributed by atoms with E-state index in [9.17, 15) is 4.79 Å². The summed E-state index contributed by atoms with van der Waals surface area (Å²) in [6.07, 6.45) is 1.85. The molecule has 0 saturated heterocycles. The monoisotopic (exact) mass is 154 g/mol. The number of carboxylic acids is 1. The highest BCUT2D eigenvalue weighted by molar-refractivity contribution is 5.72. The number of aliphatic carboxylic acids is 1. The molecule has 1 heterocycles.